The number of halogens is 1. The number of benzene rings is 2. The van der Waals surface area contributed by atoms with Crippen molar-refractivity contribution in [2.75, 3.05) is 40.1 Å². The summed E-state index contributed by atoms with van der Waals surface area (Å²) < 4.78 is 16.9. The van der Waals surface area contributed by atoms with Crippen LogP contribution in [-0.4, -0.2) is 51.0 Å². The molecule has 5 rings (SSSR count). The van der Waals surface area contributed by atoms with Gasteiger partial charge in [-0.15, -0.1) is 24.0 Å². The number of ether oxygens (including phenoxy) is 3. The maximum absolute atomic E-state index is 5.70. The molecule has 166 valence electrons. The van der Waals surface area contributed by atoms with Crippen molar-refractivity contribution in [1.29, 1.82) is 0 Å². The SMILES string of the molecule is CN=C(NCC1(c2ccc3c(c2)OCO3)CCOCC1)N1CCc2ccccc2C1.I. The molecule has 0 aliphatic carbocycles. The van der Waals surface area contributed by atoms with Gasteiger partial charge in [0.15, 0.2) is 17.5 Å². The Morgan fingerprint density at radius 3 is 2.65 bits per heavy atom. The van der Waals surface area contributed by atoms with Crippen molar-refractivity contribution in [2.24, 2.45) is 4.99 Å². The lowest BCUT2D eigenvalue weighted by Crippen LogP contribution is -2.50. The molecule has 3 aliphatic heterocycles. The maximum atomic E-state index is 5.70. The van der Waals surface area contributed by atoms with E-state index in [0.29, 0.717) is 6.79 Å². The number of rotatable bonds is 3. The molecular weight excluding hydrogens is 505 g/mol. The lowest BCUT2D eigenvalue weighted by atomic mass is 9.74. The first-order valence-electron chi connectivity index (χ1n) is 10.8. The van der Waals surface area contributed by atoms with Gasteiger partial charge in [-0.05, 0) is 48.1 Å². The van der Waals surface area contributed by atoms with Crippen molar-refractivity contribution >= 4 is 29.9 Å². The summed E-state index contributed by atoms with van der Waals surface area (Å²) in [5.74, 6) is 2.64. The fraction of sp³-hybridized carbons (Fsp3) is 0.458. The molecule has 0 atom stereocenters. The number of fused-ring (bicyclic) bond motifs is 2. The predicted molar refractivity (Wildman–Crippen MR) is 132 cm³/mol. The molecule has 1 fully saturated rings. The third-order valence-corrected chi connectivity index (χ3v) is 6.66. The van der Waals surface area contributed by atoms with Gasteiger partial charge in [0, 0.05) is 45.3 Å². The molecule has 31 heavy (non-hydrogen) atoms. The Kier molecular flexibility index (Phi) is 6.91. The van der Waals surface area contributed by atoms with Crippen LogP contribution in [0.5, 0.6) is 11.5 Å². The largest absolute Gasteiger partial charge is 0.454 e. The normalized spacial score (nSPS) is 19.4. The maximum Gasteiger partial charge on any atom is 0.231 e. The number of aliphatic imine (C=N–C) groups is 1. The van der Waals surface area contributed by atoms with Crippen LogP contribution in [0, 0.1) is 0 Å². The van der Waals surface area contributed by atoms with Crippen molar-refractivity contribution in [3.63, 3.8) is 0 Å². The van der Waals surface area contributed by atoms with Crippen molar-refractivity contribution in [3.05, 3.63) is 59.2 Å². The smallest absolute Gasteiger partial charge is 0.231 e. The van der Waals surface area contributed by atoms with Crippen LogP contribution in [0.3, 0.4) is 0 Å². The Morgan fingerprint density at radius 2 is 1.84 bits per heavy atom. The molecule has 1 saturated heterocycles. The van der Waals surface area contributed by atoms with E-state index < -0.39 is 0 Å². The van der Waals surface area contributed by atoms with E-state index in [9.17, 15) is 0 Å². The van der Waals surface area contributed by atoms with Crippen LogP contribution in [0.25, 0.3) is 0 Å². The zero-order valence-corrected chi connectivity index (χ0v) is 20.3. The van der Waals surface area contributed by atoms with Gasteiger partial charge in [-0.25, -0.2) is 0 Å². The quantitative estimate of drug-likeness (QED) is 0.369. The van der Waals surface area contributed by atoms with Crippen LogP contribution in [0.4, 0.5) is 0 Å². The van der Waals surface area contributed by atoms with Gasteiger partial charge in [0.05, 0.1) is 0 Å². The molecule has 6 nitrogen and oxygen atoms in total. The van der Waals surface area contributed by atoms with Gasteiger partial charge in [-0.1, -0.05) is 30.3 Å². The first kappa shape index (κ1) is 22.2. The second-order valence-corrected chi connectivity index (χ2v) is 8.30. The number of hydrogen-bond acceptors (Lipinski definition) is 4. The lowest BCUT2D eigenvalue weighted by molar-refractivity contribution is 0.0510. The zero-order chi connectivity index (χ0) is 20.4. The highest BCUT2D eigenvalue weighted by Gasteiger charge is 2.36. The summed E-state index contributed by atoms with van der Waals surface area (Å²) in [5, 5.41) is 3.70. The van der Waals surface area contributed by atoms with E-state index in [-0.39, 0.29) is 29.4 Å². The highest BCUT2D eigenvalue weighted by atomic mass is 127. The Balaban J connectivity index is 0.00000231. The zero-order valence-electron chi connectivity index (χ0n) is 17.9. The van der Waals surface area contributed by atoms with Crippen LogP contribution in [0.2, 0.25) is 0 Å². The number of nitrogens with one attached hydrogen (secondary N) is 1. The van der Waals surface area contributed by atoms with E-state index in [0.717, 1.165) is 69.6 Å². The molecule has 7 heteroatoms. The van der Waals surface area contributed by atoms with E-state index >= 15 is 0 Å². The third-order valence-electron chi connectivity index (χ3n) is 6.66. The van der Waals surface area contributed by atoms with Crippen molar-refractivity contribution in [2.45, 2.75) is 31.2 Å². The van der Waals surface area contributed by atoms with Crippen molar-refractivity contribution in [3.8, 4) is 11.5 Å². The van der Waals surface area contributed by atoms with E-state index in [1.165, 1.54) is 16.7 Å². The summed E-state index contributed by atoms with van der Waals surface area (Å²) in [6.45, 7) is 4.54. The fourth-order valence-electron chi connectivity index (χ4n) is 4.81. The van der Waals surface area contributed by atoms with Gasteiger partial charge >= 0.3 is 0 Å². The van der Waals surface area contributed by atoms with E-state index in [2.05, 4.69) is 51.6 Å². The van der Waals surface area contributed by atoms with Crippen molar-refractivity contribution in [1.82, 2.24) is 10.2 Å². The molecule has 0 radical (unpaired) electrons. The topological polar surface area (TPSA) is 55.3 Å². The minimum atomic E-state index is -0.0110. The molecule has 1 N–H and O–H groups in total. The lowest BCUT2D eigenvalue weighted by Gasteiger charge is -2.40. The summed E-state index contributed by atoms with van der Waals surface area (Å²) in [7, 11) is 1.88. The average Bonchev–Trinajstić information content (AvgIpc) is 3.28. The molecule has 0 saturated carbocycles. The summed E-state index contributed by atoms with van der Waals surface area (Å²) in [6.07, 6.45) is 3.00. The summed E-state index contributed by atoms with van der Waals surface area (Å²) in [5.41, 5.74) is 4.11. The molecule has 0 bridgehead atoms. The monoisotopic (exact) mass is 535 g/mol. The van der Waals surface area contributed by atoms with Crippen LogP contribution in [0.1, 0.15) is 29.5 Å². The molecule has 0 amide bonds. The molecule has 2 aromatic carbocycles. The highest BCUT2D eigenvalue weighted by molar-refractivity contribution is 14.0. The fourth-order valence-corrected chi connectivity index (χ4v) is 4.81. The Hall–Kier alpha value is -2.00. The van der Waals surface area contributed by atoms with Gasteiger partial charge < -0.3 is 24.4 Å². The summed E-state index contributed by atoms with van der Waals surface area (Å²) in [4.78, 5) is 6.96. The van der Waals surface area contributed by atoms with Crippen LogP contribution >= 0.6 is 24.0 Å². The van der Waals surface area contributed by atoms with Gasteiger partial charge in [-0.2, -0.15) is 0 Å². The Morgan fingerprint density at radius 1 is 1.06 bits per heavy atom. The second kappa shape index (κ2) is 9.65. The average molecular weight is 535 g/mol. The third kappa shape index (κ3) is 4.48. The van der Waals surface area contributed by atoms with Gasteiger partial charge in [0.1, 0.15) is 0 Å². The minimum Gasteiger partial charge on any atom is -0.454 e. The highest BCUT2D eigenvalue weighted by Crippen LogP contribution is 2.40. The van der Waals surface area contributed by atoms with E-state index in [1.807, 2.05) is 13.1 Å². The Bertz CT molecular complexity index is 943. The first-order chi connectivity index (χ1) is 14.8. The first-order valence-corrected chi connectivity index (χ1v) is 10.8. The van der Waals surface area contributed by atoms with Crippen molar-refractivity contribution < 1.29 is 14.2 Å². The molecular formula is C24H30IN3O3. The van der Waals surface area contributed by atoms with Crippen LogP contribution < -0.4 is 14.8 Å². The van der Waals surface area contributed by atoms with Gasteiger partial charge in [0.2, 0.25) is 6.79 Å². The molecule has 3 aliphatic rings. The molecule has 2 aromatic rings. The predicted octanol–water partition coefficient (Wildman–Crippen LogP) is 3.72. The minimum absolute atomic E-state index is 0. The van der Waals surface area contributed by atoms with E-state index in [1.54, 1.807) is 0 Å². The van der Waals surface area contributed by atoms with Gasteiger partial charge in [-0.3, -0.25) is 4.99 Å². The second-order valence-electron chi connectivity index (χ2n) is 8.30. The summed E-state index contributed by atoms with van der Waals surface area (Å²) >= 11 is 0. The molecule has 0 spiro atoms. The van der Waals surface area contributed by atoms with Gasteiger partial charge in [0.25, 0.3) is 0 Å². The standard InChI is InChI=1S/C24H29N3O3.HI/c1-25-23(27-11-8-18-4-2-3-5-19(18)15-27)26-16-24(9-12-28-13-10-24)20-6-7-21-22(14-20)30-17-29-21;/h2-7,14H,8-13,15-17H2,1H3,(H,25,26);1H. The van der Waals surface area contributed by atoms with Crippen LogP contribution in [0.15, 0.2) is 47.5 Å². The number of hydrogen-bond donors (Lipinski definition) is 1. The van der Waals surface area contributed by atoms with E-state index in [4.69, 9.17) is 14.2 Å². The van der Waals surface area contributed by atoms with Crippen LogP contribution in [-0.2, 0) is 23.1 Å². The molecule has 0 aromatic heterocycles. The molecule has 3 heterocycles. The number of guanidine groups is 1. The molecule has 0 unspecified atom stereocenters. The Labute approximate surface area is 201 Å². The number of nitrogens with zero attached hydrogens (tertiary/aromatic N) is 2. The summed E-state index contributed by atoms with van der Waals surface area (Å²) in [6, 6.07) is 15.1.